The maximum absolute atomic E-state index is 12.5. The summed E-state index contributed by atoms with van der Waals surface area (Å²) in [5.41, 5.74) is 0. The molecule has 42 heavy (non-hydrogen) atoms. The number of aliphatic carboxylic acids is 1. The van der Waals surface area contributed by atoms with Gasteiger partial charge < -0.3 is 9.84 Å². The lowest BCUT2D eigenvalue weighted by atomic mass is 10.0. The summed E-state index contributed by atoms with van der Waals surface area (Å²) >= 11 is 0. The summed E-state index contributed by atoms with van der Waals surface area (Å²) < 4.78 is 5.93. The minimum atomic E-state index is -0.709. The van der Waals surface area contributed by atoms with Crippen molar-refractivity contribution in [2.24, 2.45) is 0 Å². The van der Waals surface area contributed by atoms with Gasteiger partial charge in [0.25, 0.3) is 0 Å². The van der Waals surface area contributed by atoms with Crippen LogP contribution >= 0.6 is 0 Å². The number of carboxylic acids is 1. The first-order valence-corrected chi connectivity index (χ1v) is 19.0. The van der Waals surface area contributed by atoms with Crippen molar-refractivity contribution < 1.29 is 19.4 Å². The summed E-state index contributed by atoms with van der Waals surface area (Å²) in [6.45, 7) is 4.53. The van der Waals surface area contributed by atoms with Crippen molar-refractivity contribution in [1.82, 2.24) is 0 Å². The van der Waals surface area contributed by atoms with Crippen molar-refractivity contribution in [1.29, 1.82) is 0 Å². The molecule has 0 rings (SSSR count). The van der Waals surface area contributed by atoms with E-state index in [2.05, 4.69) is 13.8 Å². The van der Waals surface area contributed by atoms with Crippen LogP contribution in [0.15, 0.2) is 0 Å². The minimum Gasteiger partial charge on any atom is -0.481 e. The van der Waals surface area contributed by atoms with Crippen molar-refractivity contribution in [3.8, 4) is 0 Å². The predicted molar refractivity (Wildman–Crippen MR) is 181 cm³/mol. The van der Waals surface area contributed by atoms with E-state index in [1.54, 1.807) is 0 Å². The lowest BCUT2D eigenvalue weighted by Gasteiger charge is -2.18. The zero-order valence-electron chi connectivity index (χ0n) is 28.6. The Labute approximate surface area is 262 Å². The number of hydrogen-bond acceptors (Lipinski definition) is 3. The summed E-state index contributed by atoms with van der Waals surface area (Å²) in [5, 5.41) is 8.80. The fourth-order valence-corrected chi connectivity index (χ4v) is 6.01. The third kappa shape index (κ3) is 33.4. The van der Waals surface area contributed by atoms with Crippen LogP contribution in [-0.2, 0) is 14.3 Å². The molecular formula is C38H74O4. The van der Waals surface area contributed by atoms with Crippen molar-refractivity contribution in [2.45, 2.75) is 232 Å². The Bertz CT molecular complexity index is 561. The van der Waals surface area contributed by atoms with Gasteiger partial charge >= 0.3 is 11.9 Å². The number of carbonyl (C=O) groups excluding carboxylic acids is 1. The van der Waals surface area contributed by atoms with Gasteiger partial charge in [-0.25, -0.2) is 0 Å². The summed E-state index contributed by atoms with van der Waals surface area (Å²) in [5.74, 6) is -0.719. The maximum atomic E-state index is 12.5. The van der Waals surface area contributed by atoms with Crippen LogP contribution in [-0.4, -0.2) is 23.1 Å². The smallest absolute Gasteiger partial charge is 0.306 e. The molecule has 1 unspecified atom stereocenters. The van der Waals surface area contributed by atoms with Gasteiger partial charge in [0.15, 0.2) is 0 Å². The molecule has 0 fully saturated rings. The Morgan fingerprint density at radius 2 is 0.714 bits per heavy atom. The van der Waals surface area contributed by atoms with E-state index >= 15 is 0 Å². The van der Waals surface area contributed by atoms with Gasteiger partial charge in [0.1, 0.15) is 6.10 Å². The van der Waals surface area contributed by atoms with Gasteiger partial charge in [-0.1, -0.05) is 174 Å². The lowest BCUT2D eigenvalue weighted by Crippen LogP contribution is -2.18. The monoisotopic (exact) mass is 595 g/mol. The van der Waals surface area contributed by atoms with Gasteiger partial charge in [-0.05, 0) is 38.5 Å². The number of hydrogen-bond donors (Lipinski definition) is 1. The molecule has 0 aromatic carbocycles. The van der Waals surface area contributed by atoms with Gasteiger partial charge in [0.2, 0.25) is 0 Å². The molecule has 1 atom stereocenters. The molecule has 0 saturated heterocycles. The average molecular weight is 595 g/mol. The summed E-state index contributed by atoms with van der Waals surface area (Å²) in [4.78, 5) is 23.2. The number of esters is 1. The molecule has 0 radical (unpaired) electrons. The lowest BCUT2D eigenvalue weighted by molar-refractivity contribution is -0.150. The van der Waals surface area contributed by atoms with Crippen LogP contribution in [0.25, 0.3) is 0 Å². The van der Waals surface area contributed by atoms with Crippen molar-refractivity contribution in [3.05, 3.63) is 0 Å². The Kier molecular flexibility index (Phi) is 33.6. The summed E-state index contributed by atoms with van der Waals surface area (Å²) in [6.07, 6.45) is 39.9. The average Bonchev–Trinajstić information content (AvgIpc) is 2.97. The third-order valence-electron chi connectivity index (χ3n) is 8.83. The van der Waals surface area contributed by atoms with Crippen molar-refractivity contribution in [2.75, 3.05) is 0 Å². The van der Waals surface area contributed by atoms with E-state index in [0.717, 1.165) is 57.8 Å². The maximum Gasteiger partial charge on any atom is 0.306 e. The van der Waals surface area contributed by atoms with Gasteiger partial charge in [0.05, 0.1) is 0 Å². The van der Waals surface area contributed by atoms with E-state index in [1.165, 1.54) is 141 Å². The highest BCUT2D eigenvalue weighted by molar-refractivity contribution is 5.69. The molecule has 0 spiro atoms. The first kappa shape index (κ1) is 40.9. The molecule has 4 nitrogen and oxygen atoms in total. The Morgan fingerprint density at radius 1 is 0.429 bits per heavy atom. The second kappa shape index (κ2) is 34.4. The highest BCUT2D eigenvalue weighted by Crippen LogP contribution is 2.19. The topological polar surface area (TPSA) is 63.6 Å². The molecule has 0 aliphatic carbocycles. The van der Waals surface area contributed by atoms with Crippen molar-refractivity contribution in [3.63, 3.8) is 0 Å². The standard InChI is InChI=1S/C38H74O4/c1-3-5-7-9-11-12-13-14-15-16-17-18-19-20-21-22-23-25-31-35-38(41)42-36(32-28-24-10-8-6-4-2)33-29-26-27-30-34-37(39)40/h36H,3-35H2,1-2H3,(H,39,40). The van der Waals surface area contributed by atoms with Crippen LogP contribution in [0, 0.1) is 0 Å². The molecule has 250 valence electrons. The molecule has 4 heteroatoms. The molecule has 0 aromatic heterocycles. The second-order valence-electron chi connectivity index (χ2n) is 13.1. The van der Waals surface area contributed by atoms with Gasteiger partial charge in [-0.3, -0.25) is 9.59 Å². The van der Waals surface area contributed by atoms with Crippen LogP contribution in [0.1, 0.15) is 226 Å². The minimum absolute atomic E-state index is 0.0103. The zero-order valence-corrected chi connectivity index (χ0v) is 28.6. The molecule has 0 aliphatic heterocycles. The highest BCUT2D eigenvalue weighted by Gasteiger charge is 2.14. The van der Waals surface area contributed by atoms with E-state index in [0.29, 0.717) is 6.42 Å². The van der Waals surface area contributed by atoms with Gasteiger partial charge in [-0.15, -0.1) is 0 Å². The number of carbonyl (C=O) groups is 2. The number of ether oxygens (including phenoxy) is 1. The van der Waals surface area contributed by atoms with E-state index in [4.69, 9.17) is 9.84 Å². The Hall–Kier alpha value is -1.06. The molecule has 0 amide bonds. The van der Waals surface area contributed by atoms with Gasteiger partial charge in [0, 0.05) is 12.8 Å². The molecule has 0 bridgehead atoms. The van der Waals surface area contributed by atoms with E-state index in [1.807, 2.05) is 0 Å². The number of rotatable bonds is 35. The largest absolute Gasteiger partial charge is 0.481 e. The molecule has 1 N–H and O–H groups in total. The zero-order chi connectivity index (χ0) is 30.8. The SMILES string of the molecule is CCCCCCCCCCCCCCCCCCCCCC(=O)OC(CCCCCCCC)CCCCCCC(=O)O. The summed E-state index contributed by atoms with van der Waals surface area (Å²) in [6, 6.07) is 0. The van der Waals surface area contributed by atoms with Crippen LogP contribution in [0.4, 0.5) is 0 Å². The first-order valence-electron chi connectivity index (χ1n) is 19.0. The molecule has 0 heterocycles. The molecule has 0 aliphatic rings. The fraction of sp³-hybridized carbons (Fsp3) is 0.947. The predicted octanol–water partition coefficient (Wildman–Crippen LogP) is 12.9. The summed E-state index contributed by atoms with van der Waals surface area (Å²) in [7, 11) is 0. The van der Waals surface area contributed by atoms with Gasteiger partial charge in [-0.2, -0.15) is 0 Å². The highest BCUT2D eigenvalue weighted by atomic mass is 16.5. The van der Waals surface area contributed by atoms with Crippen molar-refractivity contribution >= 4 is 11.9 Å². The number of carboxylic acid groups (broad SMARTS) is 1. The normalized spacial score (nSPS) is 12.0. The molecular weight excluding hydrogens is 520 g/mol. The Morgan fingerprint density at radius 3 is 1.05 bits per heavy atom. The second-order valence-corrected chi connectivity index (χ2v) is 13.1. The fourth-order valence-electron chi connectivity index (χ4n) is 6.01. The van der Waals surface area contributed by atoms with Crippen LogP contribution in [0.5, 0.6) is 0 Å². The van der Waals surface area contributed by atoms with Crippen LogP contribution < -0.4 is 0 Å². The quantitative estimate of drug-likeness (QED) is 0.0585. The third-order valence-corrected chi connectivity index (χ3v) is 8.83. The van der Waals surface area contributed by atoms with Crippen LogP contribution in [0.3, 0.4) is 0 Å². The molecule has 0 aromatic rings. The van der Waals surface area contributed by atoms with E-state index in [9.17, 15) is 9.59 Å². The number of unbranched alkanes of at least 4 members (excludes halogenated alkanes) is 26. The van der Waals surface area contributed by atoms with Crippen LogP contribution in [0.2, 0.25) is 0 Å². The van der Waals surface area contributed by atoms with E-state index in [-0.39, 0.29) is 18.5 Å². The first-order chi connectivity index (χ1) is 20.6. The Balaban J connectivity index is 3.72. The van der Waals surface area contributed by atoms with E-state index < -0.39 is 5.97 Å². The molecule has 0 saturated carbocycles.